The van der Waals surface area contributed by atoms with Crippen molar-refractivity contribution in [3.05, 3.63) is 118 Å². The van der Waals surface area contributed by atoms with E-state index in [2.05, 4.69) is 29.4 Å². The standard InChI is InChI=1S/C27H26N2O2/c1-20-26(23-14-8-9-15-25(23)30)24(17-16-21-10-4-2-5-11-21)27(31)29(28-20)19-18-22-12-6-3-7-13-22/h2-15,30H,16-19H2,1H3. The van der Waals surface area contributed by atoms with E-state index in [9.17, 15) is 9.90 Å². The lowest BCUT2D eigenvalue weighted by molar-refractivity contribution is 0.477. The number of aromatic nitrogens is 2. The van der Waals surface area contributed by atoms with E-state index in [4.69, 9.17) is 0 Å². The topological polar surface area (TPSA) is 55.1 Å². The molecule has 3 aromatic carbocycles. The first-order chi connectivity index (χ1) is 15.1. The highest BCUT2D eigenvalue weighted by atomic mass is 16.3. The summed E-state index contributed by atoms with van der Waals surface area (Å²) in [7, 11) is 0. The van der Waals surface area contributed by atoms with Gasteiger partial charge >= 0.3 is 0 Å². The van der Waals surface area contributed by atoms with Gasteiger partial charge in [-0.25, -0.2) is 4.68 Å². The Kier molecular flexibility index (Phi) is 6.27. The number of phenols is 1. The second-order valence-electron chi connectivity index (χ2n) is 7.71. The van der Waals surface area contributed by atoms with Gasteiger partial charge in [0.05, 0.1) is 5.69 Å². The van der Waals surface area contributed by atoms with E-state index in [0.717, 1.165) is 24.1 Å². The van der Waals surface area contributed by atoms with Gasteiger partial charge in [0.15, 0.2) is 0 Å². The van der Waals surface area contributed by atoms with Crippen molar-refractivity contribution in [3.8, 4) is 16.9 Å². The summed E-state index contributed by atoms with van der Waals surface area (Å²) in [6.07, 6.45) is 2.07. The number of hydrogen-bond donors (Lipinski definition) is 1. The van der Waals surface area contributed by atoms with E-state index in [-0.39, 0.29) is 11.3 Å². The van der Waals surface area contributed by atoms with Gasteiger partial charge in [0.2, 0.25) is 0 Å². The summed E-state index contributed by atoms with van der Waals surface area (Å²) in [6.45, 7) is 2.43. The predicted molar refractivity (Wildman–Crippen MR) is 124 cm³/mol. The third kappa shape index (κ3) is 4.75. The number of aromatic hydroxyl groups is 1. The molecule has 0 amide bonds. The van der Waals surface area contributed by atoms with E-state index >= 15 is 0 Å². The summed E-state index contributed by atoms with van der Waals surface area (Å²) < 4.78 is 1.58. The predicted octanol–water partition coefficient (Wildman–Crippen LogP) is 4.95. The Hall–Kier alpha value is -3.66. The highest BCUT2D eigenvalue weighted by Gasteiger charge is 2.19. The second kappa shape index (κ2) is 9.43. The second-order valence-corrected chi connectivity index (χ2v) is 7.71. The molecule has 4 aromatic rings. The lowest BCUT2D eigenvalue weighted by atomic mass is 9.94. The zero-order valence-electron chi connectivity index (χ0n) is 17.7. The minimum atomic E-state index is -0.0873. The molecule has 31 heavy (non-hydrogen) atoms. The molecule has 0 aliphatic carbocycles. The zero-order valence-corrected chi connectivity index (χ0v) is 17.7. The maximum atomic E-state index is 13.5. The van der Waals surface area contributed by atoms with Gasteiger partial charge < -0.3 is 5.11 Å². The first kappa shape index (κ1) is 20.6. The van der Waals surface area contributed by atoms with E-state index in [1.165, 1.54) is 11.1 Å². The fourth-order valence-electron chi connectivity index (χ4n) is 3.98. The van der Waals surface area contributed by atoms with Crippen molar-refractivity contribution >= 4 is 0 Å². The van der Waals surface area contributed by atoms with Crippen molar-refractivity contribution in [2.75, 3.05) is 0 Å². The van der Waals surface area contributed by atoms with Crippen LogP contribution in [0.3, 0.4) is 0 Å². The lowest BCUT2D eigenvalue weighted by Crippen LogP contribution is -2.29. The molecule has 0 aliphatic rings. The molecule has 0 saturated heterocycles. The van der Waals surface area contributed by atoms with Crippen molar-refractivity contribution < 1.29 is 5.11 Å². The van der Waals surface area contributed by atoms with E-state index in [0.29, 0.717) is 24.1 Å². The van der Waals surface area contributed by atoms with Crippen LogP contribution in [0, 0.1) is 6.92 Å². The van der Waals surface area contributed by atoms with Crippen LogP contribution in [0.4, 0.5) is 0 Å². The van der Waals surface area contributed by atoms with Gasteiger partial charge in [-0.05, 0) is 43.4 Å². The first-order valence-electron chi connectivity index (χ1n) is 10.6. The van der Waals surface area contributed by atoms with Crippen LogP contribution in [0.5, 0.6) is 5.75 Å². The minimum absolute atomic E-state index is 0.0873. The van der Waals surface area contributed by atoms with Crippen molar-refractivity contribution in [1.29, 1.82) is 0 Å². The van der Waals surface area contributed by atoms with Crippen LogP contribution in [-0.2, 0) is 25.8 Å². The Balaban J connectivity index is 1.74. The van der Waals surface area contributed by atoms with Crippen LogP contribution >= 0.6 is 0 Å². The molecule has 0 atom stereocenters. The molecule has 1 aromatic heterocycles. The summed E-state index contributed by atoms with van der Waals surface area (Å²) in [6, 6.07) is 27.4. The van der Waals surface area contributed by atoms with Gasteiger partial charge in [0, 0.05) is 23.2 Å². The van der Waals surface area contributed by atoms with E-state index in [1.54, 1.807) is 16.8 Å². The molecule has 4 nitrogen and oxygen atoms in total. The maximum absolute atomic E-state index is 13.5. The van der Waals surface area contributed by atoms with Crippen molar-refractivity contribution in [3.63, 3.8) is 0 Å². The molecule has 1 heterocycles. The number of aryl methyl sites for hydroxylation is 4. The van der Waals surface area contributed by atoms with Crippen LogP contribution in [-0.4, -0.2) is 14.9 Å². The maximum Gasteiger partial charge on any atom is 0.270 e. The average molecular weight is 411 g/mol. The van der Waals surface area contributed by atoms with Gasteiger partial charge in [-0.2, -0.15) is 5.10 Å². The number of nitrogens with zero attached hydrogens (tertiary/aromatic N) is 2. The molecule has 0 fully saturated rings. The summed E-state index contributed by atoms with van der Waals surface area (Å²) in [4.78, 5) is 13.5. The monoisotopic (exact) mass is 410 g/mol. The fourth-order valence-corrected chi connectivity index (χ4v) is 3.98. The molecule has 1 N–H and O–H groups in total. The molecule has 0 bridgehead atoms. The van der Waals surface area contributed by atoms with Crippen molar-refractivity contribution in [2.24, 2.45) is 0 Å². The number of hydrogen-bond acceptors (Lipinski definition) is 3. The Morgan fingerprint density at radius 2 is 1.35 bits per heavy atom. The van der Waals surface area contributed by atoms with E-state index in [1.807, 2.05) is 55.5 Å². The number of benzene rings is 3. The molecule has 4 heteroatoms. The largest absolute Gasteiger partial charge is 0.507 e. The third-order valence-electron chi connectivity index (χ3n) is 5.56. The minimum Gasteiger partial charge on any atom is -0.507 e. The lowest BCUT2D eigenvalue weighted by Gasteiger charge is -2.16. The SMILES string of the molecule is Cc1nn(CCc2ccccc2)c(=O)c(CCc2ccccc2)c1-c1ccccc1O. The van der Waals surface area contributed by atoms with Gasteiger partial charge in [0.1, 0.15) is 5.75 Å². The van der Waals surface area contributed by atoms with Gasteiger partial charge in [-0.3, -0.25) is 4.79 Å². The zero-order chi connectivity index (χ0) is 21.6. The van der Waals surface area contributed by atoms with Crippen molar-refractivity contribution in [2.45, 2.75) is 32.7 Å². The Labute approximate surface area is 182 Å². The number of para-hydroxylation sites is 1. The Morgan fingerprint density at radius 3 is 2.00 bits per heavy atom. The molecular formula is C27H26N2O2. The van der Waals surface area contributed by atoms with Crippen molar-refractivity contribution in [1.82, 2.24) is 9.78 Å². The molecule has 0 aliphatic heterocycles. The summed E-state index contributed by atoms with van der Waals surface area (Å²) in [5, 5.41) is 15.1. The summed E-state index contributed by atoms with van der Waals surface area (Å²) in [5.41, 5.74) is 5.11. The van der Waals surface area contributed by atoms with Crippen LogP contribution in [0.25, 0.3) is 11.1 Å². The molecule has 0 radical (unpaired) electrons. The molecular weight excluding hydrogens is 384 g/mol. The van der Waals surface area contributed by atoms with Crippen LogP contribution in [0.1, 0.15) is 22.4 Å². The van der Waals surface area contributed by atoms with Gasteiger partial charge in [-0.1, -0.05) is 78.9 Å². The Morgan fingerprint density at radius 1 is 0.774 bits per heavy atom. The summed E-state index contributed by atoms with van der Waals surface area (Å²) in [5.74, 6) is 0.162. The molecule has 0 spiro atoms. The van der Waals surface area contributed by atoms with Crippen LogP contribution < -0.4 is 5.56 Å². The quantitative estimate of drug-likeness (QED) is 0.469. The number of rotatable bonds is 7. The molecule has 156 valence electrons. The van der Waals surface area contributed by atoms with Crippen LogP contribution in [0.15, 0.2) is 89.7 Å². The number of phenolic OH excluding ortho intramolecular Hbond substituents is 1. The molecule has 0 unspecified atom stereocenters. The first-order valence-corrected chi connectivity index (χ1v) is 10.6. The highest BCUT2D eigenvalue weighted by molar-refractivity contribution is 5.74. The third-order valence-corrected chi connectivity index (χ3v) is 5.56. The summed E-state index contributed by atoms with van der Waals surface area (Å²) >= 11 is 0. The smallest absolute Gasteiger partial charge is 0.270 e. The van der Waals surface area contributed by atoms with Gasteiger partial charge in [0.25, 0.3) is 5.56 Å². The normalized spacial score (nSPS) is 10.9. The molecule has 0 saturated carbocycles. The average Bonchev–Trinajstić information content (AvgIpc) is 2.80. The molecule has 4 rings (SSSR count). The van der Waals surface area contributed by atoms with E-state index < -0.39 is 0 Å². The Bertz CT molecular complexity index is 1220. The van der Waals surface area contributed by atoms with Gasteiger partial charge in [-0.15, -0.1) is 0 Å². The highest BCUT2D eigenvalue weighted by Crippen LogP contribution is 2.32. The van der Waals surface area contributed by atoms with Crippen LogP contribution in [0.2, 0.25) is 0 Å². The fraction of sp³-hybridized carbons (Fsp3) is 0.185.